The third-order valence-electron chi connectivity index (χ3n) is 2.92. The number of methoxy groups -OCH3 is 1. The van der Waals surface area contributed by atoms with Crippen molar-refractivity contribution in [2.75, 3.05) is 20.3 Å². The van der Waals surface area contributed by atoms with E-state index in [1.807, 2.05) is 36.4 Å². The third kappa shape index (κ3) is 4.21. The quantitative estimate of drug-likeness (QED) is 0.848. The highest BCUT2D eigenvalue weighted by atomic mass is 35.5. The normalized spacial score (nSPS) is 12.3. The fourth-order valence-corrected chi connectivity index (χ4v) is 2.95. The van der Waals surface area contributed by atoms with Gasteiger partial charge in [0, 0.05) is 18.5 Å². The Morgan fingerprint density at radius 2 is 1.95 bits per heavy atom. The van der Waals surface area contributed by atoms with Crippen LogP contribution in [-0.2, 0) is 11.2 Å². The van der Waals surface area contributed by atoms with Gasteiger partial charge in [0.25, 0.3) is 0 Å². The number of benzene rings is 1. The lowest BCUT2D eigenvalue weighted by Gasteiger charge is -2.16. The summed E-state index contributed by atoms with van der Waals surface area (Å²) in [7, 11) is 1.70. The average Bonchev–Trinajstić information content (AvgIpc) is 2.90. The number of ether oxygens (including phenoxy) is 2. The Kier molecular flexibility index (Phi) is 5.86. The van der Waals surface area contributed by atoms with E-state index in [0.29, 0.717) is 6.54 Å². The van der Waals surface area contributed by atoms with Crippen LogP contribution in [0.3, 0.4) is 0 Å². The lowest BCUT2D eigenvalue weighted by atomic mass is 10.1. The van der Waals surface area contributed by atoms with Gasteiger partial charge in [0.1, 0.15) is 11.9 Å². The molecular formula is C15H18ClNO2S. The van der Waals surface area contributed by atoms with E-state index < -0.39 is 0 Å². The van der Waals surface area contributed by atoms with Crippen LogP contribution >= 0.6 is 22.9 Å². The van der Waals surface area contributed by atoms with E-state index in [9.17, 15) is 0 Å². The Morgan fingerprint density at radius 3 is 2.50 bits per heavy atom. The van der Waals surface area contributed by atoms with Crippen LogP contribution in [0.15, 0.2) is 36.4 Å². The van der Waals surface area contributed by atoms with Gasteiger partial charge in [0.05, 0.1) is 10.9 Å². The minimum absolute atomic E-state index is 0.155. The lowest BCUT2D eigenvalue weighted by molar-refractivity contribution is 0.202. The number of rotatable bonds is 7. The zero-order valence-electron chi connectivity index (χ0n) is 11.3. The number of hydrogen-bond donors (Lipinski definition) is 1. The van der Waals surface area contributed by atoms with Crippen LogP contribution in [-0.4, -0.2) is 20.3 Å². The van der Waals surface area contributed by atoms with Gasteiger partial charge in [0.2, 0.25) is 0 Å². The van der Waals surface area contributed by atoms with E-state index in [1.54, 1.807) is 7.11 Å². The van der Waals surface area contributed by atoms with Crippen LogP contribution in [0.2, 0.25) is 4.34 Å². The van der Waals surface area contributed by atoms with Gasteiger partial charge in [-0.2, -0.15) is 0 Å². The largest absolute Gasteiger partial charge is 0.484 e. The van der Waals surface area contributed by atoms with Gasteiger partial charge in [0.15, 0.2) is 0 Å². The molecule has 0 amide bonds. The van der Waals surface area contributed by atoms with E-state index in [2.05, 4.69) is 0 Å². The Morgan fingerprint density at radius 1 is 1.20 bits per heavy atom. The minimum atomic E-state index is -0.155. The summed E-state index contributed by atoms with van der Waals surface area (Å²) in [5.74, 6) is 0.811. The fraction of sp³-hybridized carbons (Fsp3) is 0.333. The van der Waals surface area contributed by atoms with E-state index in [1.165, 1.54) is 16.9 Å². The molecule has 20 heavy (non-hydrogen) atoms. The Labute approximate surface area is 128 Å². The SMILES string of the molecule is COCCc1ccc(OC(CN)c2ccc(Cl)s2)cc1. The van der Waals surface area contributed by atoms with Crippen molar-refractivity contribution < 1.29 is 9.47 Å². The Hall–Kier alpha value is -1.07. The van der Waals surface area contributed by atoms with Gasteiger partial charge in [-0.1, -0.05) is 23.7 Å². The first-order valence-corrected chi connectivity index (χ1v) is 7.62. The summed E-state index contributed by atoms with van der Waals surface area (Å²) >= 11 is 7.44. The highest BCUT2D eigenvalue weighted by molar-refractivity contribution is 7.16. The molecule has 2 aromatic rings. The molecule has 0 saturated heterocycles. The topological polar surface area (TPSA) is 44.5 Å². The third-order valence-corrected chi connectivity index (χ3v) is 4.25. The number of nitrogens with two attached hydrogens (primary N) is 1. The van der Waals surface area contributed by atoms with Crippen LogP contribution in [0.1, 0.15) is 16.5 Å². The molecule has 0 aliphatic carbocycles. The van der Waals surface area contributed by atoms with Gasteiger partial charge in [-0.05, 0) is 36.2 Å². The lowest BCUT2D eigenvalue weighted by Crippen LogP contribution is -2.17. The minimum Gasteiger partial charge on any atom is -0.484 e. The maximum atomic E-state index is 5.94. The zero-order valence-corrected chi connectivity index (χ0v) is 12.9. The second-order valence-corrected chi connectivity index (χ2v) is 6.12. The zero-order chi connectivity index (χ0) is 14.4. The second kappa shape index (κ2) is 7.64. The first kappa shape index (κ1) is 15.3. The molecule has 0 saturated carbocycles. The molecule has 1 unspecified atom stereocenters. The number of thiophene rings is 1. The molecule has 0 fully saturated rings. The molecule has 108 valence electrons. The smallest absolute Gasteiger partial charge is 0.145 e. The highest BCUT2D eigenvalue weighted by Crippen LogP contribution is 2.29. The van der Waals surface area contributed by atoms with Gasteiger partial charge < -0.3 is 15.2 Å². The Bertz CT molecular complexity index is 527. The molecular weight excluding hydrogens is 294 g/mol. The van der Waals surface area contributed by atoms with Gasteiger partial charge >= 0.3 is 0 Å². The number of hydrogen-bond acceptors (Lipinski definition) is 4. The van der Waals surface area contributed by atoms with Crippen molar-refractivity contribution in [3.05, 3.63) is 51.2 Å². The van der Waals surface area contributed by atoms with E-state index in [0.717, 1.165) is 28.0 Å². The summed E-state index contributed by atoms with van der Waals surface area (Å²) in [4.78, 5) is 1.04. The van der Waals surface area contributed by atoms with Crippen LogP contribution < -0.4 is 10.5 Å². The van der Waals surface area contributed by atoms with Crippen molar-refractivity contribution in [3.8, 4) is 5.75 Å². The first-order chi connectivity index (χ1) is 9.72. The molecule has 3 nitrogen and oxygen atoms in total. The molecule has 0 bridgehead atoms. The maximum absolute atomic E-state index is 5.94. The number of halogens is 1. The predicted octanol–water partition coefficient (Wildman–Crippen LogP) is 3.67. The van der Waals surface area contributed by atoms with Gasteiger partial charge in [-0.25, -0.2) is 0 Å². The van der Waals surface area contributed by atoms with Crippen LogP contribution in [0.25, 0.3) is 0 Å². The van der Waals surface area contributed by atoms with Crippen LogP contribution in [0, 0.1) is 0 Å². The summed E-state index contributed by atoms with van der Waals surface area (Å²) < 4.78 is 11.7. The van der Waals surface area contributed by atoms with Crippen molar-refractivity contribution >= 4 is 22.9 Å². The molecule has 5 heteroatoms. The van der Waals surface area contributed by atoms with Crippen molar-refractivity contribution in [3.63, 3.8) is 0 Å². The summed E-state index contributed by atoms with van der Waals surface area (Å²) in [5.41, 5.74) is 7.00. The summed E-state index contributed by atoms with van der Waals surface area (Å²) in [6.07, 6.45) is 0.745. The summed E-state index contributed by atoms with van der Waals surface area (Å²) in [6, 6.07) is 11.8. The van der Waals surface area contributed by atoms with Crippen molar-refractivity contribution in [2.45, 2.75) is 12.5 Å². The Balaban J connectivity index is 2.00. The molecule has 0 spiro atoms. The molecule has 1 heterocycles. The molecule has 2 N–H and O–H groups in total. The summed E-state index contributed by atoms with van der Waals surface area (Å²) in [6.45, 7) is 1.14. The van der Waals surface area contributed by atoms with E-state index in [4.69, 9.17) is 26.8 Å². The fourth-order valence-electron chi connectivity index (χ4n) is 1.84. The standard InChI is InChI=1S/C15H18ClNO2S/c1-18-9-8-11-2-4-12(5-3-11)19-13(10-17)14-6-7-15(16)20-14/h2-7,13H,8-10,17H2,1H3. The van der Waals surface area contributed by atoms with Crippen molar-refractivity contribution in [2.24, 2.45) is 5.73 Å². The maximum Gasteiger partial charge on any atom is 0.145 e. The van der Waals surface area contributed by atoms with Crippen molar-refractivity contribution in [1.29, 1.82) is 0 Å². The monoisotopic (exact) mass is 311 g/mol. The second-order valence-electron chi connectivity index (χ2n) is 4.37. The predicted molar refractivity (Wildman–Crippen MR) is 83.8 cm³/mol. The highest BCUT2D eigenvalue weighted by Gasteiger charge is 2.13. The summed E-state index contributed by atoms with van der Waals surface area (Å²) in [5, 5.41) is 0. The average molecular weight is 312 g/mol. The molecule has 1 aromatic heterocycles. The molecule has 1 atom stereocenters. The van der Waals surface area contributed by atoms with Gasteiger partial charge in [-0.15, -0.1) is 11.3 Å². The molecule has 2 rings (SSSR count). The van der Waals surface area contributed by atoms with Crippen LogP contribution in [0.4, 0.5) is 0 Å². The van der Waals surface area contributed by atoms with Gasteiger partial charge in [-0.3, -0.25) is 0 Å². The molecule has 0 aliphatic heterocycles. The van der Waals surface area contributed by atoms with Crippen LogP contribution in [0.5, 0.6) is 5.75 Å². The molecule has 0 radical (unpaired) electrons. The molecule has 1 aromatic carbocycles. The van der Waals surface area contributed by atoms with E-state index >= 15 is 0 Å². The first-order valence-electron chi connectivity index (χ1n) is 6.42. The van der Waals surface area contributed by atoms with Crippen molar-refractivity contribution in [1.82, 2.24) is 0 Å². The van der Waals surface area contributed by atoms with E-state index in [-0.39, 0.29) is 6.10 Å². The molecule has 0 aliphatic rings.